The Hall–Kier alpha value is -3.48. The zero-order valence-corrected chi connectivity index (χ0v) is 13.2. The van der Waals surface area contributed by atoms with E-state index in [0.29, 0.717) is 5.69 Å². The molecule has 0 aliphatic rings. The summed E-state index contributed by atoms with van der Waals surface area (Å²) in [4.78, 5) is 22.4. The number of benzene rings is 2. The molecular formula is C18H15N3O4. The minimum atomic E-state index is -0.504. The summed E-state index contributed by atoms with van der Waals surface area (Å²) in [6.45, 7) is 0.279. The molecule has 3 rings (SSSR count). The molecule has 0 fully saturated rings. The van der Waals surface area contributed by atoms with E-state index in [-0.39, 0.29) is 30.1 Å². The zero-order valence-electron chi connectivity index (χ0n) is 13.2. The molecule has 126 valence electrons. The monoisotopic (exact) mass is 337 g/mol. The van der Waals surface area contributed by atoms with Gasteiger partial charge >= 0.3 is 5.69 Å². The lowest BCUT2D eigenvalue weighted by atomic mass is 10.1. The lowest BCUT2D eigenvalue weighted by Gasteiger charge is -2.09. The van der Waals surface area contributed by atoms with Gasteiger partial charge in [0.1, 0.15) is 6.61 Å². The number of aromatic nitrogens is 2. The maximum absolute atomic E-state index is 12.0. The van der Waals surface area contributed by atoms with Gasteiger partial charge in [0, 0.05) is 17.7 Å². The Kier molecular flexibility index (Phi) is 4.84. The standard InChI is InChI=1S/C18H15N3O4/c22-18-11-10-15(14-6-2-1-3-7-14)19-20(18)12-13-25-17-9-5-4-8-16(17)21(23)24/h1-11H,12-13H2. The number of nitro benzene ring substituents is 1. The van der Waals surface area contributed by atoms with Gasteiger partial charge in [0.15, 0.2) is 5.75 Å². The fraction of sp³-hybridized carbons (Fsp3) is 0.111. The van der Waals surface area contributed by atoms with Crippen molar-refractivity contribution in [2.24, 2.45) is 0 Å². The summed E-state index contributed by atoms with van der Waals surface area (Å²) in [5.41, 5.74) is 1.20. The van der Waals surface area contributed by atoms with Crippen LogP contribution < -0.4 is 10.3 Å². The highest BCUT2D eigenvalue weighted by Crippen LogP contribution is 2.25. The number of hydrogen-bond donors (Lipinski definition) is 0. The van der Waals surface area contributed by atoms with E-state index in [9.17, 15) is 14.9 Å². The van der Waals surface area contributed by atoms with Crippen LogP contribution in [0.3, 0.4) is 0 Å². The maximum atomic E-state index is 12.0. The minimum absolute atomic E-state index is 0.0933. The van der Waals surface area contributed by atoms with E-state index in [1.54, 1.807) is 18.2 Å². The summed E-state index contributed by atoms with van der Waals surface area (Å²) in [5.74, 6) is 0.166. The molecule has 0 radical (unpaired) electrons. The number of ether oxygens (including phenoxy) is 1. The lowest BCUT2D eigenvalue weighted by molar-refractivity contribution is -0.385. The predicted octanol–water partition coefficient (Wildman–Crippen LogP) is 2.90. The highest BCUT2D eigenvalue weighted by atomic mass is 16.6. The van der Waals surface area contributed by atoms with Crippen molar-refractivity contribution in [3.8, 4) is 17.0 Å². The van der Waals surface area contributed by atoms with E-state index in [1.165, 1.54) is 22.9 Å². The molecule has 0 spiro atoms. The Bertz CT molecular complexity index is 938. The van der Waals surface area contributed by atoms with Gasteiger partial charge in [-0.05, 0) is 12.1 Å². The molecule has 0 saturated heterocycles. The van der Waals surface area contributed by atoms with Crippen molar-refractivity contribution < 1.29 is 9.66 Å². The number of rotatable bonds is 6. The van der Waals surface area contributed by atoms with Gasteiger partial charge in [0.05, 0.1) is 17.2 Å². The van der Waals surface area contributed by atoms with E-state index in [4.69, 9.17) is 4.74 Å². The molecule has 0 amide bonds. The van der Waals surface area contributed by atoms with Gasteiger partial charge in [-0.1, -0.05) is 42.5 Å². The van der Waals surface area contributed by atoms with Crippen LogP contribution >= 0.6 is 0 Å². The van der Waals surface area contributed by atoms with E-state index in [2.05, 4.69) is 5.10 Å². The number of nitrogens with zero attached hydrogens (tertiary/aromatic N) is 3. The predicted molar refractivity (Wildman–Crippen MR) is 92.5 cm³/mol. The van der Waals surface area contributed by atoms with Crippen LogP contribution in [0.2, 0.25) is 0 Å². The molecule has 0 aliphatic carbocycles. The van der Waals surface area contributed by atoms with Gasteiger partial charge in [-0.15, -0.1) is 0 Å². The van der Waals surface area contributed by atoms with Crippen molar-refractivity contribution in [2.75, 3.05) is 6.61 Å². The van der Waals surface area contributed by atoms with Crippen molar-refractivity contribution >= 4 is 5.69 Å². The first kappa shape index (κ1) is 16.4. The van der Waals surface area contributed by atoms with Gasteiger partial charge in [0.2, 0.25) is 0 Å². The molecule has 0 N–H and O–H groups in total. The summed E-state index contributed by atoms with van der Waals surface area (Å²) in [6, 6.07) is 18.7. The van der Waals surface area contributed by atoms with Gasteiger partial charge < -0.3 is 4.74 Å². The lowest BCUT2D eigenvalue weighted by Crippen LogP contribution is -2.25. The molecule has 3 aromatic rings. The van der Waals surface area contributed by atoms with E-state index in [0.717, 1.165) is 5.56 Å². The summed E-state index contributed by atoms with van der Waals surface area (Å²) in [5, 5.41) is 15.3. The van der Waals surface area contributed by atoms with Crippen molar-refractivity contribution in [2.45, 2.75) is 6.54 Å². The zero-order chi connectivity index (χ0) is 17.6. The number of nitro groups is 1. The average Bonchev–Trinajstić information content (AvgIpc) is 2.64. The van der Waals surface area contributed by atoms with E-state index < -0.39 is 4.92 Å². The third-order valence-corrected chi connectivity index (χ3v) is 3.56. The van der Waals surface area contributed by atoms with Crippen molar-refractivity contribution in [3.05, 3.63) is 87.2 Å². The minimum Gasteiger partial charge on any atom is -0.485 e. The first-order valence-corrected chi connectivity index (χ1v) is 7.65. The van der Waals surface area contributed by atoms with Crippen molar-refractivity contribution in [3.63, 3.8) is 0 Å². The third-order valence-electron chi connectivity index (χ3n) is 3.56. The first-order chi connectivity index (χ1) is 12.1. The summed E-state index contributed by atoms with van der Waals surface area (Å²) in [6.07, 6.45) is 0. The molecule has 2 aromatic carbocycles. The second kappa shape index (κ2) is 7.39. The molecule has 0 bridgehead atoms. The molecule has 0 unspecified atom stereocenters. The van der Waals surface area contributed by atoms with Gasteiger partial charge in [-0.3, -0.25) is 14.9 Å². The van der Waals surface area contributed by atoms with Gasteiger partial charge in [-0.25, -0.2) is 4.68 Å². The Morgan fingerprint density at radius 1 is 1.00 bits per heavy atom. The van der Waals surface area contributed by atoms with Crippen LogP contribution in [0.15, 0.2) is 71.5 Å². The fourth-order valence-corrected chi connectivity index (χ4v) is 2.34. The van der Waals surface area contributed by atoms with Crippen LogP contribution in [-0.4, -0.2) is 21.3 Å². The van der Waals surface area contributed by atoms with Crippen molar-refractivity contribution in [1.29, 1.82) is 0 Å². The topological polar surface area (TPSA) is 87.3 Å². The molecule has 0 aliphatic heterocycles. The van der Waals surface area contributed by atoms with Crippen LogP contribution in [0, 0.1) is 10.1 Å². The number of para-hydroxylation sites is 2. The average molecular weight is 337 g/mol. The van der Waals surface area contributed by atoms with Gasteiger partial charge in [0.25, 0.3) is 5.56 Å². The Balaban J connectivity index is 1.74. The highest BCUT2D eigenvalue weighted by Gasteiger charge is 2.13. The number of hydrogen-bond acceptors (Lipinski definition) is 5. The van der Waals surface area contributed by atoms with E-state index in [1.807, 2.05) is 30.3 Å². The van der Waals surface area contributed by atoms with Crippen LogP contribution in [-0.2, 0) is 6.54 Å². The Labute approximate surface area is 143 Å². The SMILES string of the molecule is O=c1ccc(-c2ccccc2)nn1CCOc1ccccc1[N+](=O)[O-]. The highest BCUT2D eigenvalue weighted by molar-refractivity contribution is 5.57. The first-order valence-electron chi connectivity index (χ1n) is 7.65. The van der Waals surface area contributed by atoms with E-state index >= 15 is 0 Å². The second-order valence-corrected chi connectivity index (χ2v) is 5.22. The summed E-state index contributed by atoms with van der Waals surface area (Å²) >= 11 is 0. The van der Waals surface area contributed by atoms with Gasteiger partial charge in [-0.2, -0.15) is 5.10 Å². The fourth-order valence-electron chi connectivity index (χ4n) is 2.34. The maximum Gasteiger partial charge on any atom is 0.310 e. The summed E-state index contributed by atoms with van der Waals surface area (Å²) in [7, 11) is 0. The normalized spacial score (nSPS) is 10.4. The second-order valence-electron chi connectivity index (χ2n) is 5.22. The third kappa shape index (κ3) is 3.89. The van der Waals surface area contributed by atoms with Crippen LogP contribution in [0.25, 0.3) is 11.3 Å². The smallest absolute Gasteiger partial charge is 0.310 e. The van der Waals surface area contributed by atoms with Crippen LogP contribution in [0.5, 0.6) is 5.75 Å². The largest absolute Gasteiger partial charge is 0.485 e. The molecule has 0 atom stereocenters. The molecular weight excluding hydrogens is 322 g/mol. The van der Waals surface area contributed by atoms with Crippen LogP contribution in [0.4, 0.5) is 5.69 Å². The van der Waals surface area contributed by atoms with Crippen molar-refractivity contribution in [1.82, 2.24) is 9.78 Å². The molecule has 25 heavy (non-hydrogen) atoms. The molecule has 1 aromatic heterocycles. The quantitative estimate of drug-likeness (QED) is 0.510. The molecule has 0 saturated carbocycles. The molecule has 1 heterocycles. The Morgan fingerprint density at radius 2 is 1.72 bits per heavy atom. The summed E-state index contributed by atoms with van der Waals surface area (Å²) < 4.78 is 6.75. The molecule has 7 nitrogen and oxygen atoms in total. The molecule has 7 heteroatoms. The Morgan fingerprint density at radius 3 is 2.48 bits per heavy atom. The van der Waals surface area contributed by atoms with Crippen LogP contribution in [0.1, 0.15) is 0 Å².